The second-order valence-electron chi connectivity index (χ2n) is 2.53. The number of rotatable bonds is 3. The first-order chi connectivity index (χ1) is 6.29. The summed E-state index contributed by atoms with van der Waals surface area (Å²) >= 11 is 1.68. The number of nitrogens with zero attached hydrogens (tertiary/aromatic N) is 2. The summed E-state index contributed by atoms with van der Waals surface area (Å²) < 4.78 is 1.56. The zero-order chi connectivity index (χ0) is 9.68. The molecule has 68 valence electrons. The van der Waals surface area contributed by atoms with E-state index in [1.54, 1.807) is 28.6 Å². The van der Waals surface area contributed by atoms with Gasteiger partial charge in [-0.1, -0.05) is 0 Å². The Hall–Kier alpha value is -1.21. The van der Waals surface area contributed by atoms with Gasteiger partial charge in [0.25, 0.3) is 5.56 Å². The lowest BCUT2D eigenvalue weighted by molar-refractivity contribution is 0.733. The molecule has 0 aliphatic rings. The van der Waals surface area contributed by atoms with Gasteiger partial charge in [-0.15, -0.1) is 0 Å². The molecule has 0 aliphatic carbocycles. The van der Waals surface area contributed by atoms with Crippen LogP contribution >= 0.6 is 11.8 Å². The van der Waals surface area contributed by atoms with Crippen molar-refractivity contribution in [3.05, 3.63) is 34.2 Å². The van der Waals surface area contributed by atoms with Gasteiger partial charge in [-0.2, -0.15) is 17.0 Å². The largest absolute Gasteiger partial charge is 0.314 e. The molecule has 3 nitrogen and oxygen atoms in total. The number of hydrogen-bond acceptors (Lipinski definition) is 3. The Balaban J connectivity index is 2.97. The lowest BCUT2D eigenvalue weighted by Gasteiger charge is -2.02. The Labute approximate surface area is 81.0 Å². The highest BCUT2D eigenvalue weighted by Gasteiger charge is 2.00. The number of aromatic nitrogens is 1. The molecule has 0 radical (unpaired) electrons. The van der Waals surface area contributed by atoms with E-state index in [2.05, 4.69) is 0 Å². The molecule has 0 unspecified atom stereocenters. The molecular weight excluding hydrogens is 184 g/mol. The van der Waals surface area contributed by atoms with Crippen LogP contribution in [0.3, 0.4) is 0 Å². The van der Waals surface area contributed by atoms with E-state index >= 15 is 0 Å². The molecule has 1 heterocycles. The minimum absolute atomic E-state index is 0.195. The molecule has 4 heteroatoms. The Morgan fingerprint density at radius 1 is 1.69 bits per heavy atom. The first kappa shape index (κ1) is 9.87. The fourth-order valence-electron chi connectivity index (χ4n) is 0.988. The average Bonchev–Trinajstić information content (AvgIpc) is 2.16. The lowest BCUT2D eigenvalue weighted by Crippen LogP contribution is -2.22. The summed E-state index contributed by atoms with van der Waals surface area (Å²) in [5, 5.41) is 8.60. The average molecular weight is 194 g/mol. The van der Waals surface area contributed by atoms with Gasteiger partial charge in [0.2, 0.25) is 0 Å². The van der Waals surface area contributed by atoms with Crippen LogP contribution in [-0.4, -0.2) is 16.6 Å². The highest BCUT2D eigenvalue weighted by molar-refractivity contribution is 7.98. The smallest absolute Gasteiger partial charge is 0.268 e. The summed E-state index contributed by atoms with van der Waals surface area (Å²) in [4.78, 5) is 11.4. The van der Waals surface area contributed by atoms with Crippen LogP contribution in [0.1, 0.15) is 5.56 Å². The van der Waals surface area contributed by atoms with Crippen LogP contribution in [0.15, 0.2) is 23.1 Å². The third kappa shape index (κ3) is 2.36. The second-order valence-corrected chi connectivity index (χ2v) is 3.51. The Kier molecular flexibility index (Phi) is 3.59. The van der Waals surface area contributed by atoms with E-state index in [9.17, 15) is 4.79 Å². The van der Waals surface area contributed by atoms with Crippen LogP contribution < -0.4 is 5.56 Å². The van der Waals surface area contributed by atoms with Gasteiger partial charge in [0.05, 0.1) is 0 Å². The molecule has 1 aromatic rings. The number of thioether (sulfide) groups is 1. The third-order valence-electron chi connectivity index (χ3n) is 1.68. The van der Waals surface area contributed by atoms with Crippen LogP contribution in [0.4, 0.5) is 0 Å². The van der Waals surface area contributed by atoms with E-state index in [0.29, 0.717) is 6.54 Å². The summed E-state index contributed by atoms with van der Waals surface area (Å²) in [5.41, 5.74) is 0.0163. The van der Waals surface area contributed by atoms with Gasteiger partial charge in [-0.3, -0.25) is 4.79 Å². The van der Waals surface area contributed by atoms with E-state index in [1.165, 1.54) is 6.07 Å². The maximum absolute atomic E-state index is 11.4. The molecule has 0 saturated heterocycles. The predicted octanol–water partition coefficient (Wildman–Crippen LogP) is 1.08. The maximum atomic E-state index is 11.4. The number of aryl methyl sites for hydroxylation is 1. The zero-order valence-electron chi connectivity index (χ0n) is 7.36. The SMILES string of the molecule is CSCCn1cccc(C#N)c1=O. The fourth-order valence-corrected chi connectivity index (χ4v) is 1.37. The molecule has 0 fully saturated rings. The summed E-state index contributed by atoms with van der Waals surface area (Å²) in [6.07, 6.45) is 3.69. The van der Waals surface area contributed by atoms with Crippen molar-refractivity contribution < 1.29 is 0 Å². The number of hydrogen-bond donors (Lipinski definition) is 0. The molecule has 0 aliphatic heterocycles. The highest BCUT2D eigenvalue weighted by atomic mass is 32.2. The Bertz CT molecular complexity index is 378. The molecule has 13 heavy (non-hydrogen) atoms. The quantitative estimate of drug-likeness (QED) is 0.723. The lowest BCUT2D eigenvalue weighted by atomic mass is 10.3. The summed E-state index contributed by atoms with van der Waals surface area (Å²) in [6, 6.07) is 5.13. The van der Waals surface area contributed by atoms with Gasteiger partial charge >= 0.3 is 0 Å². The van der Waals surface area contributed by atoms with Crippen molar-refractivity contribution >= 4 is 11.8 Å². The molecule has 0 amide bonds. The zero-order valence-corrected chi connectivity index (χ0v) is 8.17. The van der Waals surface area contributed by atoms with Gasteiger partial charge in [0.1, 0.15) is 11.6 Å². The monoisotopic (exact) mass is 194 g/mol. The van der Waals surface area contributed by atoms with Crippen LogP contribution in [0, 0.1) is 11.3 Å². The van der Waals surface area contributed by atoms with E-state index < -0.39 is 0 Å². The molecule has 0 saturated carbocycles. The highest BCUT2D eigenvalue weighted by Crippen LogP contribution is 1.94. The maximum Gasteiger partial charge on any atom is 0.268 e. The van der Waals surface area contributed by atoms with Crippen molar-refractivity contribution in [2.24, 2.45) is 0 Å². The van der Waals surface area contributed by atoms with Gasteiger partial charge < -0.3 is 4.57 Å². The van der Waals surface area contributed by atoms with Gasteiger partial charge in [0.15, 0.2) is 0 Å². The van der Waals surface area contributed by atoms with Crippen molar-refractivity contribution in [1.82, 2.24) is 4.57 Å². The molecule has 0 aromatic carbocycles. The van der Waals surface area contributed by atoms with E-state index in [1.807, 2.05) is 12.3 Å². The van der Waals surface area contributed by atoms with Crippen LogP contribution in [0.25, 0.3) is 0 Å². The minimum atomic E-state index is -0.195. The van der Waals surface area contributed by atoms with Crippen LogP contribution in [0.2, 0.25) is 0 Å². The summed E-state index contributed by atoms with van der Waals surface area (Å²) in [5.74, 6) is 0.884. The molecular formula is C9H10N2OS. The second kappa shape index (κ2) is 4.73. The van der Waals surface area contributed by atoms with Crippen molar-refractivity contribution in [2.75, 3.05) is 12.0 Å². The van der Waals surface area contributed by atoms with E-state index in [0.717, 1.165) is 5.75 Å². The van der Waals surface area contributed by atoms with Crippen LogP contribution in [-0.2, 0) is 6.54 Å². The topological polar surface area (TPSA) is 45.8 Å². The van der Waals surface area contributed by atoms with E-state index in [4.69, 9.17) is 5.26 Å². The molecule has 0 bridgehead atoms. The number of nitriles is 1. The summed E-state index contributed by atoms with van der Waals surface area (Å²) in [7, 11) is 0. The molecule has 1 rings (SSSR count). The Morgan fingerprint density at radius 2 is 2.46 bits per heavy atom. The Morgan fingerprint density at radius 3 is 3.08 bits per heavy atom. The normalized spacial score (nSPS) is 9.54. The van der Waals surface area contributed by atoms with E-state index in [-0.39, 0.29) is 11.1 Å². The van der Waals surface area contributed by atoms with Gasteiger partial charge in [-0.25, -0.2) is 0 Å². The minimum Gasteiger partial charge on any atom is -0.314 e. The molecule has 1 aromatic heterocycles. The standard InChI is InChI=1S/C9H10N2OS/c1-13-6-5-11-4-2-3-8(7-10)9(11)12/h2-4H,5-6H2,1H3. The number of pyridine rings is 1. The molecule has 0 spiro atoms. The summed E-state index contributed by atoms with van der Waals surface area (Å²) in [6.45, 7) is 0.662. The molecule has 0 N–H and O–H groups in total. The fraction of sp³-hybridized carbons (Fsp3) is 0.333. The first-order valence-corrected chi connectivity index (χ1v) is 5.27. The predicted molar refractivity (Wildman–Crippen MR) is 53.8 cm³/mol. The third-order valence-corrected chi connectivity index (χ3v) is 2.27. The van der Waals surface area contributed by atoms with Gasteiger partial charge in [-0.05, 0) is 18.4 Å². The van der Waals surface area contributed by atoms with Gasteiger partial charge in [0, 0.05) is 18.5 Å². The van der Waals surface area contributed by atoms with Crippen LogP contribution in [0.5, 0.6) is 0 Å². The first-order valence-electron chi connectivity index (χ1n) is 3.88. The van der Waals surface area contributed by atoms with Crippen molar-refractivity contribution in [3.63, 3.8) is 0 Å². The van der Waals surface area contributed by atoms with Crippen molar-refractivity contribution in [3.8, 4) is 6.07 Å². The van der Waals surface area contributed by atoms with Crippen molar-refractivity contribution in [2.45, 2.75) is 6.54 Å². The van der Waals surface area contributed by atoms with Crippen molar-refractivity contribution in [1.29, 1.82) is 5.26 Å². The molecule has 0 atom stereocenters.